The van der Waals surface area contributed by atoms with E-state index in [1.807, 2.05) is 18.2 Å². The minimum Gasteiger partial charge on any atom is -0.309 e. The molecule has 2 aliphatic rings. The number of rotatable bonds is 7. The van der Waals surface area contributed by atoms with Gasteiger partial charge in [0.25, 0.3) is 0 Å². The highest BCUT2D eigenvalue weighted by Gasteiger charge is 2.36. The van der Waals surface area contributed by atoms with Gasteiger partial charge >= 0.3 is 0 Å². The van der Waals surface area contributed by atoms with Crippen molar-refractivity contribution in [1.29, 1.82) is 0 Å². The van der Waals surface area contributed by atoms with Gasteiger partial charge in [-0.3, -0.25) is 4.99 Å². The standard InChI is InChI=1S/C65H43N5/c1-4-18-44(19-5-1)63-62-52(38-39-60-61(62)54-28-12-15-33-59(54)69(60)47-23-8-3-9-24-47)53-30-17-29-49(64(53)68-63)42-34-36-43(37-35-42)55-41-56(67-65(66-55)45-20-6-2-7-21-45)46-22-16-25-48(40-46)70-57-31-13-10-26-50(57)51-27-11-14-32-58(51)70/h1-41,53,64H. The monoisotopic (exact) mass is 893 g/mol. The summed E-state index contributed by atoms with van der Waals surface area (Å²) in [5.41, 5.74) is 18.7. The van der Waals surface area contributed by atoms with E-state index in [1.165, 1.54) is 60.3 Å². The molecule has 5 heteroatoms. The van der Waals surface area contributed by atoms with Crippen molar-refractivity contribution in [3.05, 3.63) is 271 Å². The lowest BCUT2D eigenvalue weighted by Crippen LogP contribution is -2.28. The molecule has 0 amide bonds. The third kappa shape index (κ3) is 6.43. The van der Waals surface area contributed by atoms with Gasteiger partial charge in [0.05, 0.1) is 45.2 Å². The highest BCUT2D eigenvalue weighted by atomic mass is 15.0. The molecule has 0 fully saturated rings. The lowest BCUT2D eigenvalue weighted by Gasteiger charge is -2.34. The van der Waals surface area contributed by atoms with Crippen LogP contribution in [-0.4, -0.2) is 30.9 Å². The first kappa shape index (κ1) is 39.9. The van der Waals surface area contributed by atoms with Gasteiger partial charge in [0.1, 0.15) is 0 Å². The molecule has 1 aliphatic heterocycles. The van der Waals surface area contributed by atoms with E-state index < -0.39 is 0 Å². The summed E-state index contributed by atoms with van der Waals surface area (Å²) < 4.78 is 4.76. The third-order valence-electron chi connectivity index (χ3n) is 14.3. The first-order chi connectivity index (χ1) is 34.7. The number of benzene rings is 9. The predicted octanol–water partition coefficient (Wildman–Crippen LogP) is 15.6. The van der Waals surface area contributed by atoms with Crippen molar-refractivity contribution in [2.24, 2.45) is 4.99 Å². The number of hydrogen-bond donors (Lipinski definition) is 0. The van der Waals surface area contributed by atoms with Gasteiger partial charge in [-0.2, -0.15) is 0 Å². The van der Waals surface area contributed by atoms with Crippen molar-refractivity contribution >= 4 is 54.9 Å². The van der Waals surface area contributed by atoms with Crippen LogP contribution in [0.15, 0.2) is 254 Å². The molecule has 2 atom stereocenters. The summed E-state index contributed by atoms with van der Waals surface area (Å²) in [5.74, 6) is 0.744. The van der Waals surface area contributed by atoms with E-state index in [2.05, 4.69) is 240 Å². The van der Waals surface area contributed by atoms with Crippen molar-refractivity contribution in [2.75, 3.05) is 0 Å². The Bertz CT molecular complexity index is 4050. The maximum atomic E-state index is 5.81. The number of nitrogens with zero attached hydrogens (tertiary/aromatic N) is 5. The molecule has 0 bridgehead atoms. The summed E-state index contributed by atoms with van der Waals surface area (Å²) in [7, 11) is 0. The Kier molecular flexibility index (Phi) is 9.27. The van der Waals surface area contributed by atoms with E-state index >= 15 is 0 Å². The van der Waals surface area contributed by atoms with Crippen LogP contribution in [0.3, 0.4) is 0 Å². The van der Waals surface area contributed by atoms with Crippen LogP contribution >= 0.6 is 0 Å². The largest absolute Gasteiger partial charge is 0.309 e. The quantitative estimate of drug-likeness (QED) is 0.160. The molecule has 14 rings (SSSR count). The lowest BCUT2D eigenvalue weighted by molar-refractivity contribution is 0.719. The highest BCUT2D eigenvalue weighted by Crippen LogP contribution is 2.47. The van der Waals surface area contributed by atoms with Crippen LogP contribution in [-0.2, 0) is 0 Å². The second-order valence-corrected chi connectivity index (χ2v) is 18.3. The fourth-order valence-electron chi connectivity index (χ4n) is 11.1. The summed E-state index contributed by atoms with van der Waals surface area (Å²) in [5, 5.41) is 4.94. The van der Waals surface area contributed by atoms with E-state index in [4.69, 9.17) is 15.0 Å². The second-order valence-electron chi connectivity index (χ2n) is 18.3. The summed E-state index contributed by atoms with van der Waals surface area (Å²) in [6.45, 7) is 0. The van der Waals surface area contributed by atoms with Gasteiger partial charge in [0.15, 0.2) is 5.82 Å². The van der Waals surface area contributed by atoms with Crippen molar-refractivity contribution < 1.29 is 0 Å². The number of hydrogen-bond acceptors (Lipinski definition) is 3. The zero-order valence-corrected chi connectivity index (χ0v) is 38.1. The van der Waals surface area contributed by atoms with Crippen LogP contribution in [0.5, 0.6) is 0 Å². The van der Waals surface area contributed by atoms with Crippen LogP contribution in [0.1, 0.15) is 28.2 Å². The Morgan fingerprint density at radius 3 is 1.63 bits per heavy atom. The van der Waals surface area contributed by atoms with Gasteiger partial charge in [-0.15, -0.1) is 0 Å². The van der Waals surface area contributed by atoms with Crippen molar-refractivity contribution in [2.45, 2.75) is 12.0 Å². The molecule has 4 heterocycles. The Balaban J connectivity index is 0.868. The fraction of sp³-hybridized carbons (Fsp3) is 0.0308. The number of aliphatic imine (C=N–C) groups is 1. The number of allylic oxidation sites excluding steroid dienone is 2. The Morgan fingerprint density at radius 2 is 0.929 bits per heavy atom. The summed E-state index contributed by atoms with van der Waals surface area (Å²) in [6, 6.07) is 82.1. The predicted molar refractivity (Wildman–Crippen MR) is 289 cm³/mol. The lowest BCUT2D eigenvalue weighted by atomic mass is 9.75. The van der Waals surface area contributed by atoms with Gasteiger partial charge in [-0.1, -0.05) is 194 Å². The molecule has 0 saturated carbocycles. The molecular weight excluding hydrogens is 851 g/mol. The maximum Gasteiger partial charge on any atom is 0.160 e. The van der Waals surface area contributed by atoms with Gasteiger partial charge in [-0.25, -0.2) is 9.97 Å². The van der Waals surface area contributed by atoms with E-state index in [-0.39, 0.29) is 12.0 Å². The summed E-state index contributed by atoms with van der Waals surface area (Å²) in [4.78, 5) is 16.3. The van der Waals surface area contributed by atoms with E-state index in [0.717, 1.165) is 56.3 Å². The molecule has 3 aromatic heterocycles. The number of fused-ring (bicyclic) bond motifs is 10. The van der Waals surface area contributed by atoms with Crippen LogP contribution in [0, 0.1) is 0 Å². The van der Waals surface area contributed by atoms with Crippen LogP contribution in [0.4, 0.5) is 0 Å². The first-order valence-electron chi connectivity index (χ1n) is 24.0. The summed E-state index contributed by atoms with van der Waals surface area (Å²) >= 11 is 0. The highest BCUT2D eigenvalue weighted by molar-refractivity contribution is 6.27. The Labute approximate surface area is 405 Å². The molecule has 1 aliphatic carbocycles. The van der Waals surface area contributed by atoms with E-state index in [1.54, 1.807) is 0 Å². The molecule has 9 aromatic carbocycles. The topological polar surface area (TPSA) is 48.0 Å². The zero-order valence-electron chi connectivity index (χ0n) is 38.1. The van der Waals surface area contributed by atoms with Crippen molar-refractivity contribution in [1.82, 2.24) is 19.1 Å². The molecule has 5 nitrogen and oxygen atoms in total. The van der Waals surface area contributed by atoms with Crippen LogP contribution in [0.25, 0.3) is 94.5 Å². The average Bonchev–Trinajstić information content (AvgIpc) is 3.97. The van der Waals surface area contributed by atoms with E-state index in [9.17, 15) is 0 Å². The molecular formula is C65H43N5. The van der Waals surface area contributed by atoms with Crippen molar-refractivity contribution in [3.63, 3.8) is 0 Å². The van der Waals surface area contributed by atoms with Gasteiger partial charge in [0.2, 0.25) is 0 Å². The molecule has 328 valence electrons. The normalized spacial score (nSPS) is 15.3. The number of aromatic nitrogens is 4. The molecule has 0 saturated heterocycles. The van der Waals surface area contributed by atoms with E-state index in [0.29, 0.717) is 5.82 Å². The van der Waals surface area contributed by atoms with Crippen LogP contribution in [0.2, 0.25) is 0 Å². The smallest absolute Gasteiger partial charge is 0.160 e. The van der Waals surface area contributed by atoms with Gasteiger partial charge in [0, 0.05) is 66.7 Å². The van der Waals surface area contributed by atoms with Crippen LogP contribution < -0.4 is 0 Å². The molecule has 70 heavy (non-hydrogen) atoms. The van der Waals surface area contributed by atoms with Gasteiger partial charge < -0.3 is 9.13 Å². The molecule has 0 radical (unpaired) electrons. The van der Waals surface area contributed by atoms with Gasteiger partial charge in [-0.05, 0) is 71.3 Å². The second kappa shape index (κ2) is 16.3. The first-order valence-corrected chi connectivity index (χ1v) is 24.0. The maximum absolute atomic E-state index is 5.81. The molecule has 2 unspecified atom stereocenters. The van der Waals surface area contributed by atoms with Crippen molar-refractivity contribution in [3.8, 4) is 45.3 Å². The molecule has 0 spiro atoms. The fourth-order valence-corrected chi connectivity index (χ4v) is 11.1. The minimum atomic E-state index is -0.115. The minimum absolute atomic E-state index is 0.0570. The zero-order chi connectivity index (χ0) is 46.1. The molecule has 12 aromatic rings. The third-order valence-corrected chi connectivity index (χ3v) is 14.3. The molecule has 0 N–H and O–H groups in total. The number of para-hydroxylation sites is 4. The Hall–Kier alpha value is -9.19. The average molecular weight is 894 g/mol. The Morgan fingerprint density at radius 1 is 0.386 bits per heavy atom. The SMILES string of the molecule is C1=CC2c3ccc4c(c3C(c3ccccc3)=NC2C(c2ccc(-c3cc(-c5cccc(-n6c7ccccc7c7ccccc76)c5)nc(-c5ccccc5)n3)cc2)=C1)c1ccccc1n4-c1ccccc1. The summed E-state index contributed by atoms with van der Waals surface area (Å²) in [6.07, 6.45) is 6.83.